The quantitative estimate of drug-likeness (QED) is 0.260. The number of carbonyl (C=O) groups excluding carboxylic acids is 3. The Balaban J connectivity index is 1.73. The first-order valence-corrected chi connectivity index (χ1v) is 16.0. The summed E-state index contributed by atoms with van der Waals surface area (Å²) in [4.78, 5) is 42.3. The van der Waals surface area contributed by atoms with Gasteiger partial charge in [0.1, 0.15) is 11.6 Å². The van der Waals surface area contributed by atoms with Crippen LogP contribution in [0.1, 0.15) is 84.7 Å². The molecule has 0 saturated carbocycles. The number of rotatable bonds is 15. The van der Waals surface area contributed by atoms with Gasteiger partial charge < -0.3 is 30.3 Å². The predicted molar refractivity (Wildman–Crippen MR) is 169 cm³/mol. The summed E-state index contributed by atoms with van der Waals surface area (Å²) in [5.41, 5.74) is 1.88. The average Bonchev–Trinajstić information content (AvgIpc) is 3.01. The Labute approximate surface area is 265 Å². The standard InChI is InChI=1S/C34H48F2N4O5/c1-5-12-39(13-6-2)33(43)26-17-23(4)16-25(20-26)32(42)38-30(9-8-24-18-27(35)21-28(36)19-24)31(41)22-37-29-10-14-40(15-11-29)34(44)45-7-3/h16-21,29-31,37,41H,5-15,22H2,1-4H3,(H,38,42)/t30-,31+/m0/s1. The summed E-state index contributed by atoms with van der Waals surface area (Å²) in [5.74, 6) is -1.99. The van der Waals surface area contributed by atoms with E-state index in [0.29, 0.717) is 62.3 Å². The molecule has 1 heterocycles. The summed E-state index contributed by atoms with van der Waals surface area (Å²) in [6, 6.07) is 7.60. The number of likely N-dealkylation sites (tertiary alicyclic amines) is 1. The van der Waals surface area contributed by atoms with Crippen LogP contribution < -0.4 is 10.6 Å². The Morgan fingerprint density at radius 3 is 2.20 bits per heavy atom. The number of piperidine rings is 1. The Morgan fingerprint density at radius 1 is 0.978 bits per heavy atom. The molecular formula is C34H48F2N4O5. The second-order valence-electron chi connectivity index (χ2n) is 11.7. The van der Waals surface area contributed by atoms with Crippen molar-refractivity contribution >= 4 is 17.9 Å². The molecule has 2 aromatic rings. The van der Waals surface area contributed by atoms with Gasteiger partial charge in [-0.3, -0.25) is 9.59 Å². The molecule has 1 saturated heterocycles. The fourth-order valence-corrected chi connectivity index (χ4v) is 5.68. The second kappa shape index (κ2) is 17.8. The molecule has 1 aliphatic rings. The number of aliphatic hydroxyl groups excluding tert-OH is 1. The minimum Gasteiger partial charge on any atom is -0.450 e. The molecule has 0 aromatic heterocycles. The lowest BCUT2D eigenvalue weighted by molar-refractivity contribution is 0.0755. The number of aryl methyl sites for hydroxylation is 2. The number of aliphatic hydroxyl groups is 1. The Bertz CT molecular complexity index is 1260. The number of benzene rings is 2. The highest BCUT2D eigenvalue weighted by molar-refractivity contribution is 6.00. The highest BCUT2D eigenvalue weighted by atomic mass is 19.1. The fraction of sp³-hybridized carbons (Fsp3) is 0.559. The number of nitrogens with one attached hydrogen (secondary N) is 2. The maximum absolute atomic E-state index is 13.9. The Kier molecular flexibility index (Phi) is 14.2. The van der Waals surface area contributed by atoms with Crippen molar-refractivity contribution < 1.29 is 33.0 Å². The lowest BCUT2D eigenvalue weighted by atomic mass is 9.98. The van der Waals surface area contributed by atoms with Gasteiger partial charge in [0.05, 0.1) is 18.8 Å². The number of hydrogen-bond donors (Lipinski definition) is 3. The number of halogens is 2. The molecule has 11 heteroatoms. The van der Waals surface area contributed by atoms with Gasteiger partial charge in [-0.2, -0.15) is 0 Å². The molecule has 9 nitrogen and oxygen atoms in total. The molecule has 45 heavy (non-hydrogen) atoms. The van der Waals surface area contributed by atoms with Gasteiger partial charge in [0.2, 0.25) is 0 Å². The zero-order valence-electron chi connectivity index (χ0n) is 26.9. The van der Waals surface area contributed by atoms with E-state index in [4.69, 9.17) is 4.74 Å². The van der Waals surface area contributed by atoms with Crippen molar-refractivity contribution in [3.05, 3.63) is 70.3 Å². The first kappa shape index (κ1) is 35.9. The van der Waals surface area contributed by atoms with Crippen molar-refractivity contribution in [3.8, 4) is 0 Å². The van der Waals surface area contributed by atoms with Gasteiger partial charge in [-0.15, -0.1) is 0 Å². The molecule has 2 aromatic carbocycles. The zero-order chi connectivity index (χ0) is 32.9. The molecule has 0 bridgehead atoms. The van der Waals surface area contributed by atoms with Crippen LogP contribution in [0.5, 0.6) is 0 Å². The fourth-order valence-electron chi connectivity index (χ4n) is 5.68. The molecule has 2 atom stereocenters. The molecule has 3 amide bonds. The van der Waals surface area contributed by atoms with E-state index in [9.17, 15) is 28.3 Å². The van der Waals surface area contributed by atoms with E-state index in [1.54, 1.807) is 34.9 Å². The first-order valence-electron chi connectivity index (χ1n) is 16.0. The molecule has 3 rings (SSSR count). The summed E-state index contributed by atoms with van der Waals surface area (Å²) in [5, 5.41) is 17.5. The summed E-state index contributed by atoms with van der Waals surface area (Å²) >= 11 is 0. The first-order chi connectivity index (χ1) is 21.5. The van der Waals surface area contributed by atoms with Gasteiger partial charge in [-0.1, -0.05) is 13.8 Å². The van der Waals surface area contributed by atoms with Crippen LogP contribution in [0.15, 0.2) is 36.4 Å². The average molecular weight is 631 g/mol. The summed E-state index contributed by atoms with van der Waals surface area (Å²) in [6.07, 6.45) is 2.07. The van der Waals surface area contributed by atoms with Gasteiger partial charge >= 0.3 is 6.09 Å². The van der Waals surface area contributed by atoms with Crippen LogP contribution in [0.3, 0.4) is 0 Å². The maximum atomic E-state index is 13.9. The Hall–Kier alpha value is -3.57. The van der Waals surface area contributed by atoms with Crippen LogP contribution in [-0.4, -0.2) is 90.3 Å². The van der Waals surface area contributed by atoms with Crippen molar-refractivity contribution in [2.75, 3.05) is 39.3 Å². The third kappa shape index (κ3) is 11.1. The van der Waals surface area contributed by atoms with Crippen LogP contribution in [0.4, 0.5) is 13.6 Å². The maximum Gasteiger partial charge on any atom is 0.409 e. The van der Waals surface area contributed by atoms with Crippen molar-refractivity contribution in [1.82, 2.24) is 20.4 Å². The van der Waals surface area contributed by atoms with Crippen molar-refractivity contribution in [1.29, 1.82) is 0 Å². The molecule has 0 radical (unpaired) electrons. The van der Waals surface area contributed by atoms with E-state index < -0.39 is 29.7 Å². The number of ether oxygens (including phenoxy) is 1. The smallest absolute Gasteiger partial charge is 0.409 e. The molecule has 248 valence electrons. The van der Waals surface area contributed by atoms with Crippen LogP contribution in [-0.2, 0) is 11.2 Å². The molecule has 0 aliphatic carbocycles. The van der Waals surface area contributed by atoms with Gasteiger partial charge in [0.15, 0.2) is 0 Å². The van der Waals surface area contributed by atoms with Crippen molar-refractivity contribution in [3.63, 3.8) is 0 Å². The zero-order valence-corrected chi connectivity index (χ0v) is 26.9. The normalized spacial score (nSPS) is 15.0. The summed E-state index contributed by atoms with van der Waals surface area (Å²) in [7, 11) is 0. The van der Waals surface area contributed by atoms with Crippen LogP contribution in [0.2, 0.25) is 0 Å². The van der Waals surface area contributed by atoms with Crippen molar-refractivity contribution in [2.45, 2.75) is 84.4 Å². The summed E-state index contributed by atoms with van der Waals surface area (Å²) < 4.78 is 32.8. The number of nitrogens with zero attached hydrogens (tertiary/aromatic N) is 2. The van der Waals surface area contributed by atoms with E-state index in [1.165, 1.54) is 12.1 Å². The predicted octanol–water partition coefficient (Wildman–Crippen LogP) is 4.84. The molecular weight excluding hydrogens is 582 g/mol. The summed E-state index contributed by atoms with van der Waals surface area (Å²) in [6.45, 7) is 10.4. The van der Waals surface area contributed by atoms with E-state index >= 15 is 0 Å². The lowest BCUT2D eigenvalue weighted by Crippen LogP contribution is -2.51. The molecule has 1 fully saturated rings. The Morgan fingerprint density at radius 2 is 1.60 bits per heavy atom. The number of carbonyl (C=O) groups is 3. The van der Waals surface area contributed by atoms with Crippen LogP contribution >= 0.6 is 0 Å². The van der Waals surface area contributed by atoms with Crippen LogP contribution in [0, 0.1) is 18.6 Å². The second-order valence-corrected chi connectivity index (χ2v) is 11.7. The SMILES string of the molecule is CCCN(CCC)C(=O)c1cc(C)cc(C(=O)N[C@@H](CCc2cc(F)cc(F)c2)[C@H](O)CNC2CCN(C(=O)OCC)CC2)c1. The molecule has 1 aliphatic heterocycles. The minimum absolute atomic E-state index is 0.0542. The molecule has 0 unspecified atom stereocenters. The van der Waals surface area contributed by atoms with Gasteiger partial charge in [-0.05, 0) is 93.8 Å². The monoisotopic (exact) mass is 630 g/mol. The van der Waals surface area contributed by atoms with Crippen molar-refractivity contribution in [2.24, 2.45) is 0 Å². The van der Waals surface area contributed by atoms with Gasteiger partial charge in [-0.25, -0.2) is 13.6 Å². The number of amides is 3. The highest BCUT2D eigenvalue weighted by Gasteiger charge is 2.27. The largest absolute Gasteiger partial charge is 0.450 e. The van der Waals surface area contributed by atoms with Gasteiger partial charge in [0, 0.05) is 56.0 Å². The topological polar surface area (TPSA) is 111 Å². The van der Waals surface area contributed by atoms with E-state index in [1.807, 2.05) is 20.8 Å². The third-order valence-electron chi connectivity index (χ3n) is 7.94. The molecule has 0 spiro atoms. The number of hydrogen-bond acceptors (Lipinski definition) is 6. The minimum atomic E-state index is -1.02. The van der Waals surface area contributed by atoms with Crippen LogP contribution in [0.25, 0.3) is 0 Å². The molecule has 3 N–H and O–H groups in total. The third-order valence-corrected chi connectivity index (χ3v) is 7.94. The van der Waals surface area contributed by atoms with E-state index in [0.717, 1.165) is 24.5 Å². The lowest BCUT2D eigenvalue weighted by Gasteiger charge is -2.33. The van der Waals surface area contributed by atoms with E-state index in [-0.39, 0.29) is 37.4 Å². The van der Waals surface area contributed by atoms with Gasteiger partial charge in [0.25, 0.3) is 11.8 Å². The highest BCUT2D eigenvalue weighted by Crippen LogP contribution is 2.17. The van der Waals surface area contributed by atoms with E-state index in [2.05, 4.69) is 10.6 Å².